The van der Waals surface area contributed by atoms with Gasteiger partial charge >= 0.3 is 0 Å². The number of aryl methyl sites for hydroxylation is 3. The van der Waals surface area contributed by atoms with Gasteiger partial charge in [-0.2, -0.15) is 0 Å². The number of aromatic amines is 1. The summed E-state index contributed by atoms with van der Waals surface area (Å²) in [5.41, 5.74) is 2.32. The molecule has 1 amide bonds. The van der Waals surface area contributed by atoms with Gasteiger partial charge in [0.1, 0.15) is 22.8 Å². The van der Waals surface area contributed by atoms with Gasteiger partial charge in [-0.05, 0) is 94.6 Å². The first-order valence-electron chi connectivity index (χ1n) is 12.7. The van der Waals surface area contributed by atoms with Crippen LogP contribution in [0.2, 0.25) is 0 Å². The number of rotatable bonds is 7. The van der Waals surface area contributed by atoms with Crippen LogP contribution in [0.3, 0.4) is 0 Å². The first kappa shape index (κ1) is 30.0. The maximum atomic E-state index is 13.9. The van der Waals surface area contributed by atoms with Crippen molar-refractivity contribution in [3.8, 4) is 22.6 Å². The number of aromatic nitrogens is 2. The van der Waals surface area contributed by atoms with Gasteiger partial charge in [0.05, 0.1) is 5.60 Å². The molecule has 0 atom stereocenters. The summed E-state index contributed by atoms with van der Waals surface area (Å²) >= 11 is 0. The Kier molecular flexibility index (Phi) is 9.11. The van der Waals surface area contributed by atoms with Crippen LogP contribution in [0.25, 0.3) is 22.0 Å². The Hall–Kier alpha value is -4.50. The lowest BCUT2D eigenvalue weighted by Gasteiger charge is -2.22. The molecule has 0 unspecified atom stereocenters. The van der Waals surface area contributed by atoms with E-state index in [1.54, 1.807) is 45.9 Å². The van der Waals surface area contributed by atoms with Gasteiger partial charge in [-0.15, -0.1) is 0 Å². The second kappa shape index (κ2) is 12.1. The van der Waals surface area contributed by atoms with Crippen LogP contribution in [0.5, 0.6) is 11.5 Å². The number of carbonyl (C=O) groups excluding carboxylic acids is 2. The fourth-order valence-electron chi connectivity index (χ4n) is 4.29. The summed E-state index contributed by atoms with van der Waals surface area (Å²) in [5.74, 6) is -0.00550. The predicted octanol–water partition coefficient (Wildman–Crippen LogP) is 5.66. The van der Waals surface area contributed by atoms with E-state index in [0.717, 1.165) is 22.9 Å². The zero-order chi connectivity index (χ0) is 29.8. The van der Waals surface area contributed by atoms with Crippen molar-refractivity contribution in [2.24, 2.45) is 0 Å². The van der Waals surface area contributed by atoms with Crippen molar-refractivity contribution in [1.82, 2.24) is 14.9 Å². The number of H-pyrrole nitrogens is 1. The number of nitrogens with zero attached hydrogens (tertiary/aromatic N) is 1. The molecule has 2 aromatic heterocycles. The number of nitrogens with one attached hydrogen (secondary N) is 2. The van der Waals surface area contributed by atoms with Crippen molar-refractivity contribution in [2.45, 2.75) is 47.1 Å². The highest BCUT2D eigenvalue weighted by Crippen LogP contribution is 2.40. The second-order valence-corrected chi connectivity index (χ2v) is 9.92. The molecule has 0 spiro atoms. The average molecular weight is 548 g/mol. The Balaban J connectivity index is 0.000000810. The van der Waals surface area contributed by atoms with Gasteiger partial charge in [-0.25, -0.2) is 8.96 Å². The number of fused-ring (bicyclic) bond motifs is 1. The van der Waals surface area contributed by atoms with Gasteiger partial charge in [0, 0.05) is 34.9 Å². The van der Waals surface area contributed by atoms with E-state index in [1.807, 2.05) is 19.9 Å². The van der Waals surface area contributed by atoms with Crippen LogP contribution in [0, 0.1) is 26.6 Å². The monoisotopic (exact) mass is 547 g/mol. The Labute approximate surface area is 232 Å². The molecule has 0 fully saturated rings. The van der Waals surface area contributed by atoms with Crippen molar-refractivity contribution >= 4 is 23.2 Å². The van der Waals surface area contributed by atoms with Crippen molar-refractivity contribution in [2.75, 3.05) is 6.54 Å². The average Bonchev–Trinajstić information content (AvgIpc) is 3.28. The molecule has 40 heavy (non-hydrogen) atoms. The highest BCUT2D eigenvalue weighted by Gasteiger charge is 2.23. The summed E-state index contributed by atoms with van der Waals surface area (Å²) < 4.78 is 21.2. The minimum atomic E-state index is -1.16. The molecule has 4 aromatic rings. The van der Waals surface area contributed by atoms with Gasteiger partial charge < -0.3 is 20.1 Å². The number of amides is 1. The molecule has 0 saturated carbocycles. The molecule has 9 heteroatoms. The third kappa shape index (κ3) is 6.38. The Bertz CT molecular complexity index is 1620. The quantitative estimate of drug-likeness (QED) is 0.204. The minimum absolute atomic E-state index is 0.268. The van der Waals surface area contributed by atoms with Crippen LogP contribution >= 0.6 is 0 Å². The summed E-state index contributed by atoms with van der Waals surface area (Å²) in [4.78, 5) is 37.9. The first-order chi connectivity index (χ1) is 18.8. The molecule has 4 rings (SSSR count). The third-order valence-electron chi connectivity index (χ3n) is 6.25. The van der Waals surface area contributed by atoms with Crippen LogP contribution in [0.4, 0.5) is 4.39 Å². The van der Waals surface area contributed by atoms with Gasteiger partial charge in [-0.3, -0.25) is 14.4 Å². The normalized spacial score (nSPS) is 11.0. The van der Waals surface area contributed by atoms with Gasteiger partial charge in [0.2, 0.25) is 6.41 Å². The van der Waals surface area contributed by atoms with Crippen molar-refractivity contribution in [3.05, 3.63) is 93.8 Å². The number of halogens is 1. The fraction of sp³-hybridized carbons (Fsp3) is 0.258. The SMILES string of the molecule is C=CC(=O)n1cc(-c2cc(C(C)(C)O)ccc2Oc2c(C)cc(F)cc2C)c2cc(C)[nH]c2c1=O.CCNC=O. The first-order valence-corrected chi connectivity index (χ1v) is 12.7. The van der Waals surface area contributed by atoms with E-state index in [-0.39, 0.29) is 11.3 Å². The fourth-order valence-corrected chi connectivity index (χ4v) is 4.29. The molecule has 3 N–H and O–H groups in total. The molecule has 0 radical (unpaired) electrons. The number of hydrogen-bond acceptors (Lipinski definition) is 5. The van der Waals surface area contributed by atoms with E-state index in [9.17, 15) is 23.9 Å². The molecule has 0 aliphatic rings. The maximum absolute atomic E-state index is 13.9. The van der Waals surface area contributed by atoms with Gasteiger partial charge in [0.25, 0.3) is 11.5 Å². The molecule has 0 aliphatic heterocycles. The second-order valence-electron chi connectivity index (χ2n) is 9.92. The summed E-state index contributed by atoms with van der Waals surface area (Å²) in [7, 11) is 0. The highest BCUT2D eigenvalue weighted by molar-refractivity contribution is 5.99. The smallest absolute Gasteiger partial charge is 0.281 e. The summed E-state index contributed by atoms with van der Waals surface area (Å²) in [5, 5.41) is 13.7. The lowest BCUT2D eigenvalue weighted by atomic mass is 9.93. The number of pyridine rings is 1. The largest absolute Gasteiger partial charge is 0.456 e. The van der Waals surface area contributed by atoms with Crippen molar-refractivity contribution < 1.29 is 23.8 Å². The predicted molar refractivity (Wildman–Crippen MR) is 154 cm³/mol. The highest BCUT2D eigenvalue weighted by atomic mass is 19.1. The van der Waals surface area contributed by atoms with Crippen LogP contribution in [0.15, 0.2) is 60.0 Å². The molecular weight excluding hydrogens is 513 g/mol. The van der Waals surface area contributed by atoms with Crippen LogP contribution < -0.4 is 15.6 Å². The summed E-state index contributed by atoms with van der Waals surface area (Å²) in [6, 6.07) is 9.85. The molecule has 8 nitrogen and oxygen atoms in total. The summed E-state index contributed by atoms with van der Waals surface area (Å²) in [6.07, 6.45) is 3.21. The number of carbonyl (C=O) groups is 2. The Morgan fingerprint density at radius 2 is 1.80 bits per heavy atom. The van der Waals surface area contributed by atoms with Crippen LogP contribution in [0.1, 0.15) is 48.0 Å². The van der Waals surface area contributed by atoms with E-state index in [0.29, 0.717) is 51.1 Å². The van der Waals surface area contributed by atoms with Crippen molar-refractivity contribution in [3.63, 3.8) is 0 Å². The molecule has 0 saturated heterocycles. The summed E-state index contributed by atoms with van der Waals surface area (Å²) in [6.45, 7) is 14.8. The van der Waals surface area contributed by atoms with Gasteiger partial charge in [0.15, 0.2) is 0 Å². The Morgan fingerprint density at radius 1 is 1.15 bits per heavy atom. The number of aliphatic hydroxyl groups is 1. The lowest BCUT2D eigenvalue weighted by Crippen LogP contribution is -2.25. The number of hydrogen-bond donors (Lipinski definition) is 3. The van der Waals surface area contributed by atoms with Gasteiger partial charge in [-0.1, -0.05) is 12.6 Å². The zero-order valence-electron chi connectivity index (χ0n) is 23.5. The van der Waals surface area contributed by atoms with E-state index in [2.05, 4.69) is 16.9 Å². The van der Waals surface area contributed by atoms with E-state index in [4.69, 9.17) is 4.74 Å². The minimum Gasteiger partial charge on any atom is -0.456 e. The van der Waals surface area contributed by atoms with Crippen LogP contribution in [-0.2, 0) is 10.4 Å². The molecule has 2 heterocycles. The number of benzene rings is 2. The van der Waals surface area contributed by atoms with E-state index < -0.39 is 17.1 Å². The maximum Gasteiger partial charge on any atom is 0.281 e. The van der Waals surface area contributed by atoms with E-state index >= 15 is 0 Å². The Morgan fingerprint density at radius 3 is 2.33 bits per heavy atom. The molecule has 0 bridgehead atoms. The number of allylic oxidation sites excluding steroid dienone is 1. The third-order valence-corrected chi connectivity index (χ3v) is 6.25. The standard InChI is InChI=1S/C28H27FN2O4.C3H7NO/c1-7-24(32)31-14-22(21-12-17(4)30-25(21)27(31)33)20-13-18(28(5,6)34)8-9-23(20)35-26-15(2)10-19(29)11-16(26)3;1-2-4-3-5/h7-14,30,34H,1H2,2-6H3;3H,2H2,1H3,(H,4,5). The molecular formula is C31H34FN3O5. The molecule has 2 aromatic carbocycles. The molecule has 210 valence electrons. The zero-order valence-corrected chi connectivity index (χ0v) is 23.5. The molecule has 0 aliphatic carbocycles. The van der Waals surface area contributed by atoms with E-state index in [1.165, 1.54) is 18.3 Å². The lowest BCUT2D eigenvalue weighted by molar-refractivity contribution is -0.109. The topological polar surface area (TPSA) is 113 Å². The van der Waals surface area contributed by atoms with Crippen molar-refractivity contribution in [1.29, 1.82) is 0 Å². The number of ether oxygens (including phenoxy) is 1. The van der Waals surface area contributed by atoms with Crippen LogP contribution in [-0.4, -0.2) is 33.5 Å².